The van der Waals surface area contributed by atoms with Crippen LogP contribution in [0.2, 0.25) is 5.02 Å². The minimum Gasteiger partial charge on any atom is -0.398 e. The molecule has 1 atom stereocenters. The predicted molar refractivity (Wildman–Crippen MR) is 82.9 cm³/mol. The van der Waals surface area contributed by atoms with Crippen molar-refractivity contribution in [3.8, 4) is 0 Å². The Balaban J connectivity index is 2.27. The Morgan fingerprint density at radius 3 is 2.48 bits per heavy atom. The van der Waals surface area contributed by atoms with Gasteiger partial charge in [-0.3, -0.25) is 4.79 Å². The van der Waals surface area contributed by atoms with Crippen LogP contribution >= 0.6 is 11.6 Å². The second kappa shape index (κ2) is 6.23. The van der Waals surface area contributed by atoms with E-state index in [1.54, 1.807) is 4.90 Å². The maximum Gasteiger partial charge on any atom is 0.241 e. The first kappa shape index (κ1) is 16.1. The van der Waals surface area contributed by atoms with Gasteiger partial charge in [-0.05, 0) is 44.4 Å². The molecule has 1 aliphatic heterocycles. The van der Waals surface area contributed by atoms with E-state index in [1.807, 2.05) is 0 Å². The Morgan fingerprint density at radius 1 is 1.29 bits per heavy atom. The molecular weight excluding hydrogens is 312 g/mol. The van der Waals surface area contributed by atoms with Crippen LogP contribution in [-0.4, -0.2) is 37.6 Å². The van der Waals surface area contributed by atoms with E-state index in [4.69, 9.17) is 17.3 Å². The van der Waals surface area contributed by atoms with E-state index in [9.17, 15) is 13.2 Å². The van der Waals surface area contributed by atoms with Crippen LogP contribution in [0.3, 0.4) is 0 Å². The Morgan fingerprint density at radius 2 is 1.90 bits per heavy atom. The summed E-state index contributed by atoms with van der Waals surface area (Å²) in [6.45, 7) is 2.66. The highest BCUT2D eigenvalue weighted by molar-refractivity contribution is 7.93. The molecule has 2 N–H and O–H groups in total. The molecule has 0 aliphatic carbocycles. The molecule has 21 heavy (non-hydrogen) atoms. The molecule has 0 aromatic heterocycles. The fourth-order valence-corrected chi connectivity index (χ4v) is 4.09. The number of rotatable bonds is 3. The first-order valence-corrected chi connectivity index (χ1v) is 8.84. The molecule has 1 unspecified atom stereocenters. The van der Waals surface area contributed by atoms with Gasteiger partial charge in [0.05, 0.1) is 10.6 Å². The van der Waals surface area contributed by atoms with Crippen molar-refractivity contribution in [2.45, 2.75) is 36.3 Å². The van der Waals surface area contributed by atoms with E-state index in [-0.39, 0.29) is 16.5 Å². The van der Waals surface area contributed by atoms with Crippen LogP contribution in [0.25, 0.3) is 0 Å². The third kappa shape index (κ3) is 3.32. The quantitative estimate of drug-likeness (QED) is 0.860. The van der Waals surface area contributed by atoms with E-state index in [2.05, 4.69) is 0 Å². The lowest BCUT2D eigenvalue weighted by atomic mass is 10.1. The van der Waals surface area contributed by atoms with Crippen molar-refractivity contribution in [1.29, 1.82) is 0 Å². The zero-order chi connectivity index (χ0) is 15.6. The molecule has 1 saturated heterocycles. The van der Waals surface area contributed by atoms with Gasteiger partial charge in [0.15, 0.2) is 9.84 Å². The summed E-state index contributed by atoms with van der Waals surface area (Å²) >= 11 is 5.78. The summed E-state index contributed by atoms with van der Waals surface area (Å²) < 4.78 is 25.2. The summed E-state index contributed by atoms with van der Waals surface area (Å²) in [6.07, 6.45) is 2.91. The number of likely N-dealkylation sites (tertiary alicyclic amines) is 1. The van der Waals surface area contributed by atoms with Crippen molar-refractivity contribution < 1.29 is 13.2 Å². The Bertz CT molecular complexity index is 640. The second-order valence-electron chi connectivity index (χ2n) is 5.26. The monoisotopic (exact) mass is 330 g/mol. The number of nitrogens with zero attached hydrogens (tertiary/aromatic N) is 1. The fraction of sp³-hybridized carbons (Fsp3) is 0.500. The van der Waals surface area contributed by atoms with Gasteiger partial charge in [0.1, 0.15) is 5.25 Å². The van der Waals surface area contributed by atoms with Gasteiger partial charge >= 0.3 is 0 Å². The zero-order valence-electron chi connectivity index (χ0n) is 11.9. The normalized spacial score (nSPS) is 17.5. The van der Waals surface area contributed by atoms with Gasteiger partial charge in [-0.2, -0.15) is 0 Å². The molecule has 5 nitrogen and oxygen atoms in total. The Kier molecular flexibility index (Phi) is 4.78. The lowest BCUT2D eigenvalue weighted by Gasteiger charge is -2.29. The van der Waals surface area contributed by atoms with Gasteiger partial charge in [0, 0.05) is 18.1 Å². The van der Waals surface area contributed by atoms with Gasteiger partial charge in [-0.15, -0.1) is 0 Å². The van der Waals surface area contributed by atoms with Crippen molar-refractivity contribution in [1.82, 2.24) is 4.90 Å². The number of piperidine rings is 1. The average Bonchev–Trinajstić information content (AvgIpc) is 2.46. The molecule has 116 valence electrons. The summed E-state index contributed by atoms with van der Waals surface area (Å²) in [7, 11) is -3.81. The molecule has 7 heteroatoms. The first-order valence-electron chi connectivity index (χ1n) is 6.92. The summed E-state index contributed by atoms with van der Waals surface area (Å²) in [5.74, 6) is -0.357. The third-order valence-electron chi connectivity index (χ3n) is 3.76. The fourth-order valence-electron chi connectivity index (χ4n) is 2.47. The van der Waals surface area contributed by atoms with Crippen molar-refractivity contribution in [3.05, 3.63) is 23.2 Å². The average molecular weight is 331 g/mol. The van der Waals surface area contributed by atoms with Crippen LogP contribution in [0.15, 0.2) is 23.1 Å². The van der Waals surface area contributed by atoms with Gasteiger partial charge in [-0.25, -0.2) is 8.42 Å². The molecule has 1 amide bonds. The number of sulfone groups is 1. The number of nitrogen functional groups attached to an aromatic ring is 1. The molecule has 1 heterocycles. The van der Waals surface area contributed by atoms with E-state index in [0.717, 1.165) is 19.3 Å². The number of carbonyl (C=O) groups is 1. The number of nitrogens with two attached hydrogens (primary N) is 1. The Hall–Kier alpha value is -1.27. The van der Waals surface area contributed by atoms with Crippen LogP contribution in [-0.2, 0) is 14.6 Å². The van der Waals surface area contributed by atoms with Crippen molar-refractivity contribution in [2.75, 3.05) is 18.8 Å². The van der Waals surface area contributed by atoms with E-state index >= 15 is 0 Å². The number of hydrogen-bond donors (Lipinski definition) is 1. The molecule has 1 aliphatic rings. The van der Waals surface area contributed by atoms with Crippen molar-refractivity contribution in [2.24, 2.45) is 0 Å². The van der Waals surface area contributed by atoms with Crippen molar-refractivity contribution >= 4 is 33.0 Å². The molecule has 0 spiro atoms. The van der Waals surface area contributed by atoms with E-state index < -0.39 is 15.1 Å². The van der Waals surface area contributed by atoms with Gasteiger partial charge < -0.3 is 10.6 Å². The predicted octanol–water partition coefficient (Wildman–Crippen LogP) is 2.10. The Labute approximate surface area is 130 Å². The SMILES string of the molecule is CC(C(=O)N1CCCCC1)S(=O)(=O)c1ccc(Cl)cc1N. The summed E-state index contributed by atoms with van der Waals surface area (Å²) in [5, 5.41) is -0.777. The van der Waals surface area contributed by atoms with E-state index in [1.165, 1.54) is 25.1 Å². The van der Waals surface area contributed by atoms with Crippen LogP contribution in [0.5, 0.6) is 0 Å². The van der Waals surface area contributed by atoms with Gasteiger partial charge in [0.2, 0.25) is 5.91 Å². The van der Waals surface area contributed by atoms with Crippen molar-refractivity contribution in [3.63, 3.8) is 0 Å². The van der Waals surface area contributed by atoms with Crippen LogP contribution in [0.4, 0.5) is 5.69 Å². The molecular formula is C14H19ClN2O3S. The van der Waals surface area contributed by atoms with Gasteiger partial charge in [0.25, 0.3) is 0 Å². The lowest BCUT2D eigenvalue weighted by molar-refractivity contribution is -0.131. The largest absolute Gasteiger partial charge is 0.398 e. The molecule has 1 aromatic carbocycles. The zero-order valence-corrected chi connectivity index (χ0v) is 13.5. The van der Waals surface area contributed by atoms with Gasteiger partial charge in [-0.1, -0.05) is 11.6 Å². The molecule has 1 fully saturated rings. The highest BCUT2D eigenvalue weighted by Crippen LogP contribution is 2.27. The van der Waals surface area contributed by atoms with Crippen LogP contribution < -0.4 is 5.73 Å². The maximum atomic E-state index is 12.6. The lowest BCUT2D eigenvalue weighted by Crippen LogP contribution is -2.44. The smallest absolute Gasteiger partial charge is 0.241 e. The number of amides is 1. The summed E-state index contributed by atoms with van der Waals surface area (Å²) in [6, 6.07) is 4.20. The van der Waals surface area contributed by atoms with E-state index in [0.29, 0.717) is 18.1 Å². The third-order valence-corrected chi connectivity index (χ3v) is 6.11. The highest BCUT2D eigenvalue weighted by Gasteiger charge is 2.34. The molecule has 0 saturated carbocycles. The summed E-state index contributed by atoms with van der Waals surface area (Å²) in [4.78, 5) is 14.0. The number of carbonyl (C=O) groups excluding carboxylic acids is 1. The standard InChI is InChI=1S/C14H19ClN2O3S/c1-10(14(18)17-7-3-2-4-8-17)21(19,20)13-6-5-11(15)9-12(13)16/h5-6,9-10H,2-4,7-8,16H2,1H3. The van der Waals surface area contributed by atoms with Crippen LogP contribution in [0, 0.1) is 0 Å². The highest BCUT2D eigenvalue weighted by atomic mass is 35.5. The maximum absolute atomic E-state index is 12.6. The number of benzene rings is 1. The topological polar surface area (TPSA) is 80.5 Å². The second-order valence-corrected chi connectivity index (χ2v) is 7.93. The number of halogens is 1. The molecule has 1 aromatic rings. The van der Waals surface area contributed by atoms with Crippen LogP contribution in [0.1, 0.15) is 26.2 Å². The minimum atomic E-state index is -3.81. The molecule has 2 rings (SSSR count). The number of anilines is 1. The molecule has 0 radical (unpaired) electrons. The summed E-state index contributed by atoms with van der Waals surface area (Å²) in [5.41, 5.74) is 5.81. The molecule has 0 bridgehead atoms. The number of hydrogen-bond acceptors (Lipinski definition) is 4. The minimum absolute atomic E-state index is 0.0373. The first-order chi connectivity index (χ1) is 9.84.